The number of ether oxygens (including phenoxy) is 1. The van der Waals surface area contributed by atoms with Gasteiger partial charge in [-0.05, 0) is 30.2 Å². The standard InChI is InChI=1S/C18H20Cl2N2O2/c1-24-16-8-3-2-5-13(16)9-11-22-17(23)10-12-21-15-7-4-6-14(19)18(15)20/h2-8,21H,9-12H2,1H3,(H,22,23). The minimum Gasteiger partial charge on any atom is -0.496 e. The summed E-state index contributed by atoms with van der Waals surface area (Å²) in [6.07, 6.45) is 1.08. The Morgan fingerprint density at radius 1 is 1.08 bits per heavy atom. The number of hydrogen-bond donors (Lipinski definition) is 2. The summed E-state index contributed by atoms with van der Waals surface area (Å²) in [6, 6.07) is 13.1. The summed E-state index contributed by atoms with van der Waals surface area (Å²) in [5.74, 6) is 0.819. The van der Waals surface area contributed by atoms with E-state index in [-0.39, 0.29) is 5.91 Å². The molecule has 0 saturated heterocycles. The normalized spacial score (nSPS) is 10.3. The van der Waals surface area contributed by atoms with Crippen molar-refractivity contribution in [1.29, 1.82) is 0 Å². The summed E-state index contributed by atoms with van der Waals surface area (Å²) in [4.78, 5) is 11.9. The predicted molar refractivity (Wildman–Crippen MR) is 99.3 cm³/mol. The predicted octanol–water partition coefficient (Wildman–Crippen LogP) is 4.16. The summed E-state index contributed by atoms with van der Waals surface area (Å²) < 4.78 is 5.29. The topological polar surface area (TPSA) is 50.4 Å². The van der Waals surface area contributed by atoms with E-state index in [0.29, 0.717) is 29.6 Å². The zero-order valence-corrected chi connectivity index (χ0v) is 15.0. The molecule has 0 atom stereocenters. The third kappa shape index (κ3) is 5.32. The molecule has 0 aromatic heterocycles. The molecule has 6 heteroatoms. The molecule has 4 nitrogen and oxygen atoms in total. The number of anilines is 1. The van der Waals surface area contributed by atoms with Crippen molar-refractivity contribution >= 4 is 34.8 Å². The van der Waals surface area contributed by atoms with E-state index >= 15 is 0 Å². The monoisotopic (exact) mass is 366 g/mol. The summed E-state index contributed by atoms with van der Waals surface area (Å²) in [5.41, 5.74) is 1.80. The highest BCUT2D eigenvalue weighted by atomic mass is 35.5. The SMILES string of the molecule is COc1ccccc1CCNC(=O)CCNc1cccc(Cl)c1Cl. The fourth-order valence-corrected chi connectivity index (χ4v) is 2.65. The van der Waals surface area contributed by atoms with Crippen LogP contribution in [0, 0.1) is 0 Å². The van der Waals surface area contributed by atoms with Gasteiger partial charge in [0, 0.05) is 19.5 Å². The minimum atomic E-state index is -0.0180. The van der Waals surface area contributed by atoms with Crippen LogP contribution < -0.4 is 15.4 Å². The Morgan fingerprint density at radius 3 is 2.67 bits per heavy atom. The van der Waals surface area contributed by atoms with Crippen LogP contribution in [0.4, 0.5) is 5.69 Å². The maximum Gasteiger partial charge on any atom is 0.221 e. The van der Waals surface area contributed by atoms with Crippen molar-refractivity contribution in [3.8, 4) is 5.75 Å². The van der Waals surface area contributed by atoms with Gasteiger partial charge < -0.3 is 15.4 Å². The van der Waals surface area contributed by atoms with E-state index in [4.69, 9.17) is 27.9 Å². The Balaban J connectivity index is 1.71. The van der Waals surface area contributed by atoms with E-state index in [9.17, 15) is 4.79 Å². The molecule has 2 N–H and O–H groups in total. The molecule has 2 aromatic carbocycles. The molecule has 0 spiro atoms. The Hall–Kier alpha value is -1.91. The molecule has 128 valence electrons. The summed E-state index contributed by atoms with van der Waals surface area (Å²) in [5, 5.41) is 6.97. The Morgan fingerprint density at radius 2 is 1.88 bits per heavy atom. The van der Waals surface area contributed by atoms with Gasteiger partial charge in [-0.25, -0.2) is 0 Å². The number of rotatable bonds is 8. The molecule has 0 fully saturated rings. The van der Waals surface area contributed by atoms with Gasteiger partial charge in [0.15, 0.2) is 0 Å². The average Bonchev–Trinajstić information content (AvgIpc) is 2.59. The van der Waals surface area contributed by atoms with Crippen molar-refractivity contribution in [3.63, 3.8) is 0 Å². The van der Waals surface area contributed by atoms with Crippen LogP contribution in [0.3, 0.4) is 0 Å². The van der Waals surface area contributed by atoms with Gasteiger partial charge >= 0.3 is 0 Å². The maximum absolute atomic E-state index is 11.9. The summed E-state index contributed by atoms with van der Waals surface area (Å²) >= 11 is 12.0. The zero-order valence-electron chi connectivity index (χ0n) is 13.4. The number of nitrogens with one attached hydrogen (secondary N) is 2. The lowest BCUT2D eigenvalue weighted by molar-refractivity contribution is -0.120. The molecule has 24 heavy (non-hydrogen) atoms. The van der Waals surface area contributed by atoms with Gasteiger partial charge in [0.05, 0.1) is 22.8 Å². The third-order valence-corrected chi connectivity index (χ3v) is 4.35. The Labute approximate surface area is 152 Å². The molecule has 0 aliphatic heterocycles. The number of para-hydroxylation sites is 1. The number of methoxy groups -OCH3 is 1. The van der Waals surface area contributed by atoms with Crippen molar-refractivity contribution in [2.45, 2.75) is 12.8 Å². The summed E-state index contributed by atoms with van der Waals surface area (Å²) in [7, 11) is 1.64. The first-order valence-corrected chi connectivity index (χ1v) is 8.44. The van der Waals surface area contributed by atoms with Gasteiger partial charge in [0.2, 0.25) is 5.91 Å². The van der Waals surface area contributed by atoms with Gasteiger partial charge in [-0.2, -0.15) is 0 Å². The molecule has 0 aliphatic carbocycles. The molecule has 0 bridgehead atoms. The molecule has 2 rings (SSSR count). The Kier molecular flexibility index (Phi) is 7.22. The van der Waals surface area contributed by atoms with Crippen molar-refractivity contribution < 1.29 is 9.53 Å². The second kappa shape index (κ2) is 9.40. The van der Waals surface area contributed by atoms with Gasteiger partial charge in [0.1, 0.15) is 5.75 Å². The first-order valence-electron chi connectivity index (χ1n) is 7.68. The first kappa shape index (κ1) is 18.4. The average molecular weight is 367 g/mol. The van der Waals surface area contributed by atoms with Crippen LogP contribution in [-0.4, -0.2) is 26.1 Å². The number of benzene rings is 2. The van der Waals surface area contributed by atoms with Crippen molar-refractivity contribution in [2.24, 2.45) is 0 Å². The van der Waals surface area contributed by atoms with Crippen molar-refractivity contribution in [3.05, 3.63) is 58.1 Å². The highest BCUT2D eigenvalue weighted by molar-refractivity contribution is 6.43. The van der Waals surface area contributed by atoms with E-state index in [1.54, 1.807) is 13.2 Å². The lowest BCUT2D eigenvalue weighted by Crippen LogP contribution is -2.27. The number of carbonyl (C=O) groups excluding carboxylic acids is 1. The number of halogens is 2. The van der Waals surface area contributed by atoms with Gasteiger partial charge in [-0.15, -0.1) is 0 Å². The van der Waals surface area contributed by atoms with E-state index < -0.39 is 0 Å². The number of carbonyl (C=O) groups is 1. The lowest BCUT2D eigenvalue weighted by atomic mass is 10.1. The Bertz CT molecular complexity index is 692. The molecule has 1 amide bonds. The van der Waals surface area contributed by atoms with Crippen LogP contribution in [0.2, 0.25) is 10.0 Å². The highest BCUT2D eigenvalue weighted by Gasteiger charge is 2.06. The molecule has 0 saturated carbocycles. The molecular weight excluding hydrogens is 347 g/mol. The number of amides is 1. The molecule has 0 aliphatic rings. The van der Waals surface area contributed by atoms with E-state index in [2.05, 4.69) is 10.6 Å². The second-order valence-electron chi connectivity index (χ2n) is 5.19. The minimum absolute atomic E-state index is 0.0180. The van der Waals surface area contributed by atoms with Gasteiger partial charge in [0.25, 0.3) is 0 Å². The first-order chi connectivity index (χ1) is 11.6. The van der Waals surface area contributed by atoms with Crippen LogP contribution in [-0.2, 0) is 11.2 Å². The zero-order chi connectivity index (χ0) is 17.4. The third-order valence-electron chi connectivity index (χ3n) is 3.53. The van der Waals surface area contributed by atoms with Crippen molar-refractivity contribution in [1.82, 2.24) is 5.32 Å². The van der Waals surface area contributed by atoms with E-state index in [0.717, 1.165) is 23.4 Å². The van der Waals surface area contributed by atoms with Crippen LogP contribution in [0.5, 0.6) is 5.75 Å². The largest absolute Gasteiger partial charge is 0.496 e. The van der Waals surface area contributed by atoms with Crippen LogP contribution in [0.25, 0.3) is 0 Å². The van der Waals surface area contributed by atoms with E-state index in [1.807, 2.05) is 36.4 Å². The van der Waals surface area contributed by atoms with E-state index in [1.165, 1.54) is 0 Å². The number of hydrogen-bond acceptors (Lipinski definition) is 3. The van der Waals surface area contributed by atoms with Gasteiger partial charge in [-0.1, -0.05) is 47.5 Å². The van der Waals surface area contributed by atoms with Crippen LogP contribution in [0.15, 0.2) is 42.5 Å². The highest BCUT2D eigenvalue weighted by Crippen LogP contribution is 2.29. The molecule has 0 heterocycles. The molecule has 2 aromatic rings. The molecule has 0 radical (unpaired) electrons. The fraction of sp³-hybridized carbons (Fsp3) is 0.278. The van der Waals surface area contributed by atoms with Gasteiger partial charge in [-0.3, -0.25) is 4.79 Å². The maximum atomic E-state index is 11.9. The van der Waals surface area contributed by atoms with Crippen molar-refractivity contribution in [2.75, 3.05) is 25.5 Å². The second-order valence-corrected chi connectivity index (χ2v) is 5.98. The quantitative estimate of drug-likeness (QED) is 0.737. The van der Waals surface area contributed by atoms with Crippen LogP contribution in [0.1, 0.15) is 12.0 Å². The summed E-state index contributed by atoms with van der Waals surface area (Å²) in [6.45, 7) is 1.05. The lowest BCUT2D eigenvalue weighted by Gasteiger charge is -2.10. The van der Waals surface area contributed by atoms with Crippen LogP contribution >= 0.6 is 23.2 Å². The molecule has 0 unspecified atom stereocenters. The molecular formula is C18H20Cl2N2O2. The fourth-order valence-electron chi connectivity index (χ4n) is 2.29. The smallest absolute Gasteiger partial charge is 0.221 e.